The molecule has 1 aliphatic heterocycles. The Morgan fingerprint density at radius 1 is 1.41 bits per heavy atom. The first kappa shape index (κ1) is 12.7. The monoisotopic (exact) mass is 301 g/mol. The van der Waals surface area contributed by atoms with E-state index in [-0.39, 0.29) is 0 Å². The smallest absolute Gasteiger partial charge is 0.247 e. The van der Waals surface area contributed by atoms with Gasteiger partial charge in [-0.15, -0.1) is 5.10 Å². The maximum absolute atomic E-state index is 5.59. The average Bonchev–Trinajstić information content (AvgIpc) is 2.33. The molecule has 1 aliphatic rings. The molecule has 0 bridgehead atoms. The summed E-state index contributed by atoms with van der Waals surface area (Å²) in [5.74, 6) is 0.559. The number of halogens is 1. The third kappa shape index (κ3) is 3.90. The summed E-state index contributed by atoms with van der Waals surface area (Å²) in [5.41, 5.74) is 0.873. The molecule has 0 aromatic carbocycles. The van der Waals surface area contributed by atoms with Gasteiger partial charge < -0.3 is 9.47 Å². The highest BCUT2D eigenvalue weighted by Crippen LogP contribution is 2.21. The molecule has 2 heterocycles. The van der Waals surface area contributed by atoms with Gasteiger partial charge in [0.2, 0.25) is 5.88 Å². The number of hydrogen-bond donors (Lipinski definition) is 0. The lowest BCUT2D eigenvalue weighted by Crippen LogP contribution is -2.38. The van der Waals surface area contributed by atoms with Gasteiger partial charge in [-0.05, 0) is 28.9 Å². The first-order valence-corrected chi connectivity index (χ1v) is 6.48. The highest BCUT2D eigenvalue weighted by Gasteiger charge is 2.10. The molecule has 0 amide bonds. The van der Waals surface area contributed by atoms with Crippen LogP contribution in [0.5, 0.6) is 5.88 Å². The van der Waals surface area contributed by atoms with Crippen molar-refractivity contribution in [2.75, 3.05) is 39.5 Å². The normalized spacial score (nSPS) is 17.1. The van der Waals surface area contributed by atoms with Gasteiger partial charge in [-0.3, -0.25) is 4.90 Å². The second kappa shape index (κ2) is 6.28. The maximum atomic E-state index is 5.59. The SMILES string of the molecule is Cc1cc(Br)c(OCCN2CCOCC2)nn1. The zero-order chi connectivity index (χ0) is 12.1. The van der Waals surface area contributed by atoms with E-state index < -0.39 is 0 Å². The maximum Gasteiger partial charge on any atom is 0.247 e. The van der Waals surface area contributed by atoms with Gasteiger partial charge in [-0.1, -0.05) is 0 Å². The number of morpholine rings is 1. The van der Waals surface area contributed by atoms with Gasteiger partial charge >= 0.3 is 0 Å². The largest absolute Gasteiger partial charge is 0.474 e. The fraction of sp³-hybridized carbons (Fsp3) is 0.636. The van der Waals surface area contributed by atoms with Crippen LogP contribution >= 0.6 is 15.9 Å². The first-order chi connectivity index (χ1) is 8.25. The highest BCUT2D eigenvalue weighted by molar-refractivity contribution is 9.10. The standard InChI is InChI=1S/C11H16BrN3O2/c1-9-8-10(12)11(14-13-9)17-7-4-15-2-5-16-6-3-15/h8H,2-7H2,1H3. The average molecular weight is 302 g/mol. The van der Waals surface area contributed by atoms with Crippen molar-refractivity contribution in [1.82, 2.24) is 15.1 Å². The highest BCUT2D eigenvalue weighted by atomic mass is 79.9. The van der Waals surface area contributed by atoms with Crippen molar-refractivity contribution in [2.24, 2.45) is 0 Å². The second-order valence-electron chi connectivity index (χ2n) is 3.94. The summed E-state index contributed by atoms with van der Waals surface area (Å²) in [6, 6.07) is 1.90. The van der Waals surface area contributed by atoms with E-state index in [4.69, 9.17) is 9.47 Å². The minimum atomic E-state index is 0.559. The number of nitrogens with zero attached hydrogens (tertiary/aromatic N) is 3. The van der Waals surface area contributed by atoms with Gasteiger partial charge in [0, 0.05) is 19.6 Å². The van der Waals surface area contributed by atoms with Crippen molar-refractivity contribution >= 4 is 15.9 Å². The molecule has 0 aliphatic carbocycles. The summed E-state index contributed by atoms with van der Waals surface area (Å²) in [6.45, 7) is 6.99. The summed E-state index contributed by atoms with van der Waals surface area (Å²) < 4.78 is 11.7. The minimum Gasteiger partial charge on any atom is -0.474 e. The van der Waals surface area contributed by atoms with E-state index in [1.807, 2.05) is 13.0 Å². The zero-order valence-corrected chi connectivity index (χ0v) is 11.4. The van der Waals surface area contributed by atoms with E-state index in [0.717, 1.165) is 43.0 Å². The summed E-state index contributed by atoms with van der Waals surface area (Å²) in [5, 5.41) is 7.96. The Balaban J connectivity index is 1.77. The Labute approximate surface area is 109 Å². The first-order valence-electron chi connectivity index (χ1n) is 5.68. The third-order valence-corrected chi connectivity index (χ3v) is 3.16. The molecule has 94 valence electrons. The molecule has 1 fully saturated rings. The van der Waals surface area contributed by atoms with Gasteiger partial charge in [0.05, 0.1) is 23.4 Å². The fourth-order valence-corrected chi connectivity index (χ4v) is 2.17. The topological polar surface area (TPSA) is 47.5 Å². The Bertz CT molecular complexity index is 370. The summed E-state index contributed by atoms with van der Waals surface area (Å²) in [4.78, 5) is 2.32. The van der Waals surface area contributed by atoms with E-state index in [0.29, 0.717) is 12.5 Å². The molecule has 0 spiro atoms. The van der Waals surface area contributed by atoms with Crippen LogP contribution < -0.4 is 4.74 Å². The van der Waals surface area contributed by atoms with Crippen molar-refractivity contribution in [3.63, 3.8) is 0 Å². The van der Waals surface area contributed by atoms with Gasteiger partial charge in [0.1, 0.15) is 6.61 Å². The summed E-state index contributed by atoms with van der Waals surface area (Å²) in [7, 11) is 0. The van der Waals surface area contributed by atoms with Crippen molar-refractivity contribution in [3.8, 4) is 5.88 Å². The Morgan fingerprint density at radius 3 is 2.88 bits per heavy atom. The van der Waals surface area contributed by atoms with Crippen LogP contribution in [-0.4, -0.2) is 54.6 Å². The number of aromatic nitrogens is 2. The molecule has 2 rings (SSSR count). The van der Waals surface area contributed by atoms with E-state index in [2.05, 4.69) is 31.0 Å². The predicted molar refractivity (Wildman–Crippen MR) is 67.2 cm³/mol. The Morgan fingerprint density at radius 2 is 2.18 bits per heavy atom. The van der Waals surface area contributed by atoms with Crippen LogP contribution in [0.2, 0.25) is 0 Å². The van der Waals surface area contributed by atoms with Crippen LogP contribution in [0.25, 0.3) is 0 Å². The minimum absolute atomic E-state index is 0.559. The molecule has 0 saturated carbocycles. The number of aryl methyl sites for hydroxylation is 1. The lowest BCUT2D eigenvalue weighted by molar-refractivity contribution is 0.0319. The molecular weight excluding hydrogens is 286 g/mol. The zero-order valence-electron chi connectivity index (χ0n) is 9.86. The molecule has 6 heteroatoms. The molecule has 5 nitrogen and oxygen atoms in total. The van der Waals surface area contributed by atoms with Gasteiger partial charge in [-0.25, -0.2) is 0 Å². The van der Waals surface area contributed by atoms with Crippen LogP contribution in [0, 0.1) is 6.92 Å². The van der Waals surface area contributed by atoms with Crippen LogP contribution in [0.3, 0.4) is 0 Å². The van der Waals surface area contributed by atoms with E-state index in [9.17, 15) is 0 Å². The number of hydrogen-bond acceptors (Lipinski definition) is 5. The van der Waals surface area contributed by atoms with Crippen LogP contribution in [0.1, 0.15) is 5.69 Å². The molecule has 1 saturated heterocycles. The molecule has 1 aromatic heterocycles. The molecule has 1 aromatic rings. The number of ether oxygens (including phenoxy) is 2. The third-order valence-electron chi connectivity index (χ3n) is 2.59. The Hall–Kier alpha value is -0.720. The lowest BCUT2D eigenvalue weighted by Gasteiger charge is -2.26. The molecular formula is C11H16BrN3O2. The predicted octanol–water partition coefficient (Wildman–Crippen LogP) is 1.26. The quantitative estimate of drug-likeness (QED) is 0.838. The van der Waals surface area contributed by atoms with Crippen LogP contribution in [0.15, 0.2) is 10.5 Å². The van der Waals surface area contributed by atoms with Gasteiger partial charge in [-0.2, -0.15) is 5.10 Å². The van der Waals surface area contributed by atoms with E-state index in [1.165, 1.54) is 0 Å². The van der Waals surface area contributed by atoms with E-state index >= 15 is 0 Å². The molecule has 17 heavy (non-hydrogen) atoms. The summed E-state index contributed by atoms with van der Waals surface area (Å²) >= 11 is 3.41. The molecule has 0 N–H and O–H groups in total. The molecule has 0 unspecified atom stereocenters. The number of rotatable bonds is 4. The van der Waals surface area contributed by atoms with Crippen molar-refractivity contribution in [1.29, 1.82) is 0 Å². The van der Waals surface area contributed by atoms with Crippen LogP contribution in [-0.2, 0) is 4.74 Å². The van der Waals surface area contributed by atoms with Gasteiger partial charge in [0.15, 0.2) is 0 Å². The van der Waals surface area contributed by atoms with Crippen LogP contribution in [0.4, 0.5) is 0 Å². The summed E-state index contributed by atoms with van der Waals surface area (Å²) in [6.07, 6.45) is 0. The Kier molecular flexibility index (Phi) is 4.70. The van der Waals surface area contributed by atoms with Crippen molar-refractivity contribution in [3.05, 3.63) is 16.2 Å². The molecule has 0 radical (unpaired) electrons. The van der Waals surface area contributed by atoms with Crippen molar-refractivity contribution < 1.29 is 9.47 Å². The fourth-order valence-electron chi connectivity index (χ4n) is 1.64. The lowest BCUT2D eigenvalue weighted by atomic mass is 10.4. The second-order valence-corrected chi connectivity index (χ2v) is 4.80. The van der Waals surface area contributed by atoms with Crippen molar-refractivity contribution in [2.45, 2.75) is 6.92 Å². The van der Waals surface area contributed by atoms with Gasteiger partial charge in [0.25, 0.3) is 0 Å². The molecule has 0 atom stereocenters. The van der Waals surface area contributed by atoms with E-state index in [1.54, 1.807) is 0 Å².